The number of rotatable bonds is 5. The van der Waals surface area contributed by atoms with Gasteiger partial charge in [0.15, 0.2) is 11.5 Å². The van der Waals surface area contributed by atoms with Gasteiger partial charge in [0.25, 0.3) is 0 Å². The number of nitrogens with zero attached hydrogens (tertiary/aromatic N) is 2. The predicted molar refractivity (Wildman–Crippen MR) is 85.1 cm³/mol. The number of nitrogens with one attached hydrogen (secondary N) is 1. The Hall–Kier alpha value is -2.50. The van der Waals surface area contributed by atoms with Crippen LogP contribution >= 0.6 is 0 Å². The summed E-state index contributed by atoms with van der Waals surface area (Å²) in [6.45, 7) is 1.20. The quantitative estimate of drug-likeness (QED) is 0.915. The van der Waals surface area contributed by atoms with E-state index in [0.29, 0.717) is 31.0 Å². The third-order valence-electron chi connectivity index (χ3n) is 4.14. The number of hydrogen-bond donors (Lipinski definition) is 1. The molecule has 1 aromatic heterocycles. The van der Waals surface area contributed by atoms with Crippen LogP contribution in [0.1, 0.15) is 24.4 Å². The van der Waals surface area contributed by atoms with Crippen LogP contribution in [-0.2, 0) is 0 Å². The summed E-state index contributed by atoms with van der Waals surface area (Å²) in [5.74, 6) is 3.35. The van der Waals surface area contributed by atoms with Crippen molar-refractivity contribution in [1.29, 1.82) is 0 Å². The molecule has 1 aromatic carbocycles. The molecule has 0 bridgehead atoms. The number of anilines is 1. The molecule has 0 radical (unpaired) electrons. The van der Waals surface area contributed by atoms with Gasteiger partial charge >= 0.3 is 0 Å². The number of aromatic nitrogens is 2. The van der Waals surface area contributed by atoms with Crippen LogP contribution in [-0.4, -0.2) is 30.3 Å². The van der Waals surface area contributed by atoms with Gasteiger partial charge in [-0.05, 0) is 36.5 Å². The molecule has 6 nitrogen and oxygen atoms in total. The number of ether oxygens (including phenoxy) is 3. The number of hydrogen-bond acceptors (Lipinski definition) is 6. The zero-order chi connectivity index (χ0) is 15.6. The lowest BCUT2D eigenvalue weighted by molar-refractivity contribution is 0.171. The highest BCUT2D eigenvalue weighted by atomic mass is 16.6. The van der Waals surface area contributed by atoms with Gasteiger partial charge in [0.2, 0.25) is 11.8 Å². The van der Waals surface area contributed by atoms with E-state index in [2.05, 4.69) is 27.4 Å². The Kier molecular flexibility index (Phi) is 3.65. The number of benzene rings is 1. The minimum Gasteiger partial charge on any atom is -0.486 e. The lowest BCUT2D eigenvalue weighted by Gasteiger charge is -2.23. The molecule has 1 fully saturated rings. The fraction of sp³-hybridized carbons (Fsp3) is 0.412. The van der Waals surface area contributed by atoms with Crippen molar-refractivity contribution >= 4 is 5.95 Å². The molecule has 0 saturated heterocycles. The van der Waals surface area contributed by atoms with Crippen LogP contribution in [0.15, 0.2) is 30.5 Å². The zero-order valence-corrected chi connectivity index (χ0v) is 13.0. The largest absolute Gasteiger partial charge is 0.486 e. The molecule has 1 atom stereocenters. The highest BCUT2D eigenvalue weighted by Crippen LogP contribution is 2.44. The van der Waals surface area contributed by atoms with Crippen molar-refractivity contribution in [2.45, 2.75) is 18.9 Å². The predicted octanol–water partition coefficient (Wildman–Crippen LogP) is 2.82. The van der Waals surface area contributed by atoms with E-state index in [1.54, 1.807) is 19.4 Å². The van der Waals surface area contributed by atoms with Crippen molar-refractivity contribution in [1.82, 2.24) is 9.97 Å². The van der Waals surface area contributed by atoms with E-state index in [0.717, 1.165) is 11.5 Å². The molecule has 1 aliphatic heterocycles. The molecule has 1 saturated carbocycles. The van der Waals surface area contributed by atoms with Crippen molar-refractivity contribution in [2.75, 3.05) is 25.6 Å². The molecule has 120 valence electrons. The summed E-state index contributed by atoms with van der Waals surface area (Å²) in [4.78, 5) is 8.65. The molecule has 0 spiro atoms. The van der Waals surface area contributed by atoms with Crippen LogP contribution in [0.25, 0.3) is 0 Å². The molecule has 1 N–H and O–H groups in total. The van der Waals surface area contributed by atoms with E-state index < -0.39 is 0 Å². The number of methoxy groups -OCH3 is 1. The van der Waals surface area contributed by atoms with Gasteiger partial charge < -0.3 is 19.5 Å². The Morgan fingerprint density at radius 3 is 2.78 bits per heavy atom. The normalized spacial score (nSPS) is 17.4. The maximum atomic E-state index is 5.70. The maximum Gasteiger partial charge on any atom is 0.226 e. The first-order valence-corrected chi connectivity index (χ1v) is 7.86. The Balaban J connectivity index is 1.60. The topological polar surface area (TPSA) is 65.5 Å². The SMILES string of the molecule is COc1ccnc(N[C@H](c2ccc3c(c2)OCCO3)C2CC2)n1. The Labute approximate surface area is 134 Å². The summed E-state index contributed by atoms with van der Waals surface area (Å²) in [7, 11) is 1.60. The first kappa shape index (κ1) is 14.1. The summed E-state index contributed by atoms with van der Waals surface area (Å²) < 4.78 is 16.5. The van der Waals surface area contributed by atoms with Gasteiger partial charge in [0, 0.05) is 12.3 Å². The van der Waals surface area contributed by atoms with E-state index >= 15 is 0 Å². The number of fused-ring (bicyclic) bond motifs is 1. The molecule has 4 rings (SSSR count). The monoisotopic (exact) mass is 313 g/mol. The van der Waals surface area contributed by atoms with E-state index in [4.69, 9.17) is 14.2 Å². The van der Waals surface area contributed by atoms with Crippen LogP contribution in [0.5, 0.6) is 17.4 Å². The van der Waals surface area contributed by atoms with Crippen LogP contribution in [0.2, 0.25) is 0 Å². The summed E-state index contributed by atoms with van der Waals surface area (Å²) in [5.41, 5.74) is 1.17. The average Bonchev–Trinajstić information content (AvgIpc) is 3.44. The van der Waals surface area contributed by atoms with Gasteiger partial charge in [-0.2, -0.15) is 4.98 Å². The zero-order valence-electron chi connectivity index (χ0n) is 13.0. The lowest BCUT2D eigenvalue weighted by Crippen LogP contribution is -2.18. The molecular weight excluding hydrogens is 294 g/mol. The molecule has 23 heavy (non-hydrogen) atoms. The molecule has 0 unspecified atom stereocenters. The van der Waals surface area contributed by atoms with Gasteiger partial charge in [-0.15, -0.1) is 0 Å². The van der Waals surface area contributed by atoms with Crippen molar-refractivity contribution in [3.8, 4) is 17.4 Å². The smallest absolute Gasteiger partial charge is 0.226 e. The second-order valence-electron chi connectivity index (χ2n) is 5.79. The molecule has 1 aliphatic carbocycles. The minimum absolute atomic E-state index is 0.165. The van der Waals surface area contributed by atoms with Gasteiger partial charge in [0.05, 0.1) is 13.2 Å². The van der Waals surface area contributed by atoms with Crippen LogP contribution in [0, 0.1) is 5.92 Å². The highest BCUT2D eigenvalue weighted by Gasteiger charge is 2.33. The van der Waals surface area contributed by atoms with Crippen LogP contribution in [0.3, 0.4) is 0 Å². The summed E-state index contributed by atoms with van der Waals surface area (Å²) >= 11 is 0. The third kappa shape index (κ3) is 3.02. The first-order chi connectivity index (χ1) is 11.3. The Bertz CT molecular complexity index is 703. The molecule has 2 aliphatic rings. The second kappa shape index (κ2) is 5.95. The molecule has 6 heteroatoms. The summed E-state index contributed by atoms with van der Waals surface area (Å²) in [6.07, 6.45) is 4.11. The van der Waals surface area contributed by atoms with Crippen LogP contribution < -0.4 is 19.5 Å². The average molecular weight is 313 g/mol. The summed E-state index contributed by atoms with van der Waals surface area (Å²) in [5, 5.41) is 3.44. The Morgan fingerprint density at radius 2 is 2.00 bits per heavy atom. The van der Waals surface area contributed by atoms with E-state index in [1.807, 2.05) is 6.07 Å². The van der Waals surface area contributed by atoms with Gasteiger partial charge in [-0.3, -0.25) is 0 Å². The van der Waals surface area contributed by atoms with Crippen molar-refractivity contribution < 1.29 is 14.2 Å². The van der Waals surface area contributed by atoms with Gasteiger partial charge in [-0.25, -0.2) is 4.98 Å². The van der Waals surface area contributed by atoms with Crippen molar-refractivity contribution in [2.24, 2.45) is 5.92 Å². The fourth-order valence-electron chi connectivity index (χ4n) is 2.82. The lowest BCUT2D eigenvalue weighted by atomic mass is 10.0. The van der Waals surface area contributed by atoms with Gasteiger partial charge in [-0.1, -0.05) is 6.07 Å². The Morgan fingerprint density at radius 1 is 1.17 bits per heavy atom. The molecule has 2 aromatic rings. The molecule has 2 heterocycles. The maximum absolute atomic E-state index is 5.70. The first-order valence-electron chi connectivity index (χ1n) is 7.86. The highest BCUT2D eigenvalue weighted by molar-refractivity contribution is 5.46. The minimum atomic E-state index is 0.165. The van der Waals surface area contributed by atoms with Gasteiger partial charge in [0.1, 0.15) is 13.2 Å². The van der Waals surface area contributed by atoms with E-state index in [-0.39, 0.29) is 6.04 Å². The van der Waals surface area contributed by atoms with E-state index in [9.17, 15) is 0 Å². The van der Waals surface area contributed by atoms with Crippen LogP contribution in [0.4, 0.5) is 5.95 Å². The third-order valence-corrected chi connectivity index (χ3v) is 4.14. The fourth-order valence-corrected chi connectivity index (χ4v) is 2.82. The molecule has 0 amide bonds. The summed E-state index contributed by atoms with van der Waals surface area (Å²) in [6, 6.07) is 8.03. The standard InChI is InChI=1S/C17H19N3O3/c1-21-15-6-7-18-17(19-15)20-16(11-2-3-11)12-4-5-13-14(10-12)23-9-8-22-13/h4-7,10-11,16H,2-3,8-9H2,1H3,(H,18,19,20)/t16-/m0/s1. The van der Waals surface area contributed by atoms with E-state index in [1.165, 1.54) is 18.4 Å². The van der Waals surface area contributed by atoms with Crippen molar-refractivity contribution in [3.63, 3.8) is 0 Å². The van der Waals surface area contributed by atoms with Crippen molar-refractivity contribution in [3.05, 3.63) is 36.0 Å². The second-order valence-corrected chi connectivity index (χ2v) is 5.79. The molecular formula is C17H19N3O3.